The minimum absolute atomic E-state index is 0.0481. The number of nitrogens with zero attached hydrogens (tertiary/aromatic N) is 4. The van der Waals surface area contributed by atoms with Gasteiger partial charge in [-0.1, -0.05) is 0 Å². The quantitative estimate of drug-likeness (QED) is 0.864. The normalized spacial score (nSPS) is 12.4. The van der Waals surface area contributed by atoms with E-state index in [4.69, 9.17) is 4.42 Å². The standard InChI is InChI=1S/C11H13BrN4O2/c1-8(16-7-13-6-14-16)11(17)15(2)5-9-3-4-10(12)18-9/h3-4,6-8H,5H2,1-2H3. The van der Waals surface area contributed by atoms with Crippen LogP contribution in [0.5, 0.6) is 0 Å². The van der Waals surface area contributed by atoms with E-state index in [1.807, 2.05) is 6.07 Å². The van der Waals surface area contributed by atoms with Crippen LogP contribution >= 0.6 is 15.9 Å². The highest BCUT2D eigenvalue weighted by molar-refractivity contribution is 9.10. The van der Waals surface area contributed by atoms with E-state index in [1.54, 1.807) is 24.9 Å². The minimum atomic E-state index is -0.379. The summed E-state index contributed by atoms with van der Waals surface area (Å²) < 4.78 is 7.54. The lowest BCUT2D eigenvalue weighted by Gasteiger charge is -2.20. The first kappa shape index (κ1) is 12.8. The molecule has 0 radical (unpaired) electrons. The fraction of sp³-hybridized carbons (Fsp3) is 0.364. The van der Waals surface area contributed by atoms with Crippen molar-refractivity contribution >= 4 is 21.8 Å². The summed E-state index contributed by atoms with van der Waals surface area (Å²) in [5.74, 6) is 0.677. The third kappa shape index (κ3) is 2.79. The molecule has 1 unspecified atom stereocenters. The van der Waals surface area contributed by atoms with Crippen molar-refractivity contribution in [2.24, 2.45) is 0 Å². The first-order valence-corrected chi connectivity index (χ1v) is 6.20. The van der Waals surface area contributed by atoms with Gasteiger partial charge in [-0.05, 0) is 35.0 Å². The Bertz CT molecular complexity index is 523. The van der Waals surface area contributed by atoms with Crippen molar-refractivity contribution in [3.05, 3.63) is 35.2 Å². The number of likely N-dealkylation sites (N-methyl/N-ethyl adjacent to an activating group) is 1. The third-order valence-electron chi connectivity index (χ3n) is 2.59. The SMILES string of the molecule is CC(C(=O)N(C)Cc1ccc(Br)o1)n1cncn1. The lowest BCUT2D eigenvalue weighted by atomic mass is 10.3. The van der Waals surface area contributed by atoms with E-state index < -0.39 is 0 Å². The summed E-state index contributed by atoms with van der Waals surface area (Å²) in [5.41, 5.74) is 0. The van der Waals surface area contributed by atoms with Crippen LogP contribution in [-0.4, -0.2) is 32.6 Å². The van der Waals surface area contributed by atoms with Crippen LogP contribution in [0.2, 0.25) is 0 Å². The number of hydrogen-bond acceptors (Lipinski definition) is 4. The lowest BCUT2D eigenvalue weighted by Crippen LogP contribution is -2.32. The number of hydrogen-bond donors (Lipinski definition) is 0. The Labute approximate surface area is 113 Å². The van der Waals surface area contributed by atoms with E-state index >= 15 is 0 Å². The summed E-state index contributed by atoms with van der Waals surface area (Å²) in [5, 5.41) is 3.96. The number of rotatable bonds is 4. The van der Waals surface area contributed by atoms with Crippen LogP contribution in [0.3, 0.4) is 0 Å². The second kappa shape index (κ2) is 5.34. The van der Waals surface area contributed by atoms with Gasteiger partial charge in [0.2, 0.25) is 5.91 Å². The molecule has 2 heterocycles. The fourth-order valence-corrected chi connectivity index (χ4v) is 1.94. The van der Waals surface area contributed by atoms with Gasteiger partial charge in [-0.15, -0.1) is 0 Å². The van der Waals surface area contributed by atoms with Crippen molar-refractivity contribution in [3.63, 3.8) is 0 Å². The predicted octanol–water partition coefficient (Wildman–Crippen LogP) is 1.85. The van der Waals surface area contributed by atoms with Crippen LogP contribution in [0.1, 0.15) is 18.7 Å². The molecular weight excluding hydrogens is 300 g/mol. The molecule has 18 heavy (non-hydrogen) atoms. The molecule has 0 fully saturated rings. The second-order valence-corrected chi connectivity index (χ2v) is 4.73. The molecule has 0 aromatic carbocycles. The van der Waals surface area contributed by atoms with Crippen LogP contribution in [0, 0.1) is 0 Å². The van der Waals surface area contributed by atoms with Crippen molar-refractivity contribution in [1.29, 1.82) is 0 Å². The molecule has 0 aliphatic heterocycles. The van der Waals surface area contributed by atoms with Crippen molar-refractivity contribution in [2.45, 2.75) is 19.5 Å². The highest BCUT2D eigenvalue weighted by Gasteiger charge is 2.20. The summed E-state index contributed by atoms with van der Waals surface area (Å²) in [6.07, 6.45) is 2.94. The Morgan fingerprint density at radius 1 is 1.61 bits per heavy atom. The average Bonchev–Trinajstić information content (AvgIpc) is 2.98. The van der Waals surface area contributed by atoms with E-state index in [2.05, 4.69) is 26.0 Å². The maximum atomic E-state index is 12.1. The van der Waals surface area contributed by atoms with Gasteiger partial charge in [-0.25, -0.2) is 9.67 Å². The molecule has 0 saturated heterocycles. The summed E-state index contributed by atoms with van der Waals surface area (Å²) in [6, 6.07) is 3.25. The zero-order valence-corrected chi connectivity index (χ0v) is 11.7. The van der Waals surface area contributed by atoms with Crippen molar-refractivity contribution in [1.82, 2.24) is 19.7 Å². The topological polar surface area (TPSA) is 64.2 Å². The Morgan fingerprint density at radius 2 is 2.39 bits per heavy atom. The van der Waals surface area contributed by atoms with Crippen LogP contribution in [-0.2, 0) is 11.3 Å². The van der Waals surface area contributed by atoms with Crippen LogP contribution in [0.15, 0.2) is 33.9 Å². The molecule has 1 atom stereocenters. The number of carbonyl (C=O) groups is 1. The van der Waals surface area contributed by atoms with Crippen LogP contribution < -0.4 is 0 Å². The predicted molar refractivity (Wildman–Crippen MR) is 67.6 cm³/mol. The number of furan rings is 1. The highest BCUT2D eigenvalue weighted by atomic mass is 79.9. The first-order chi connectivity index (χ1) is 8.58. The first-order valence-electron chi connectivity index (χ1n) is 5.41. The molecule has 2 rings (SSSR count). The van der Waals surface area contributed by atoms with Gasteiger partial charge in [0.05, 0.1) is 6.54 Å². The number of amides is 1. The maximum absolute atomic E-state index is 12.1. The molecule has 7 heteroatoms. The van der Waals surface area contributed by atoms with Crippen LogP contribution in [0.4, 0.5) is 0 Å². The molecular formula is C11H13BrN4O2. The van der Waals surface area contributed by atoms with E-state index in [0.29, 0.717) is 11.2 Å². The molecule has 0 saturated carbocycles. The molecule has 0 N–H and O–H groups in total. The highest BCUT2D eigenvalue weighted by Crippen LogP contribution is 2.16. The Morgan fingerprint density at radius 3 is 2.94 bits per heavy atom. The zero-order valence-electron chi connectivity index (χ0n) is 10.1. The monoisotopic (exact) mass is 312 g/mol. The fourth-order valence-electron chi connectivity index (χ4n) is 1.60. The molecule has 2 aromatic rings. The largest absolute Gasteiger partial charge is 0.452 e. The molecule has 1 amide bonds. The summed E-state index contributed by atoms with van der Waals surface area (Å²) in [7, 11) is 1.73. The van der Waals surface area contributed by atoms with Gasteiger partial charge in [0.15, 0.2) is 4.67 Å². The molecule has 0 spiro atoms. The second-order valence-electron chi connectivity index (χ2n) is 3.95. The van der Waals surface area contributed by atoms with Gasteiger partial charge in [0.25, 0.3) is 0 Å². The van der Waals surface area contributed by atoms with Gasteiger partial charge in [-0.2, -0.15) is 5.10 Å². The van der Waals surface area contributed by atoms with Gasteiger partial charge in [0.1, 0.15) is 24.5 Å². The average molecular weight is 313 g/mol. The van der Waals surface area contributed by atoms with Crippen molar-refractivity contribution < 1.29 is 9.21 Å². The van der Waals surface area contributed by atoms with Crippen molar-refractivity contribution in [3.8, 4) is 0 Å². The summed E-state index contributed by atoms with van der Waals surface area (Å²) in [6.45, 7) is 2.20. The molecule has 2 aromatic heterocycles. The van der Waals surface area contributed by atoms with E-state index in [-0.39, 0.29) is 11.9 Å². The van der Waals surface area contributed by atoms with Crippen LogP contribution in [0.25, 0.3) is 0 Å². The van der Waals surface area contributed by atoms with E-state index in [0.717, 1.165) is 5.76 Å². The lowest BCUT2D eigenvalue weighted by molar-refractivity contribution is -0.134. The molecule has 0 aliphatic carbocycles. The smallest absolute Gasteiger partial charge is 0.247 e. The molecule has 96 valence electrons. The third-order valence-corrected chi connectivity index (χ3v) is 3.02. The van der Waals surface area contributed by atoms with E-state index in [9.17, 15) is 4.79 Å². The maximum Gasteiger partial charge on any atom is 0.247 e. The van der Waals surface area contributed by atoms with Gasteiger partial charge >= 0.3 is 0 Å². The molecule has 0 aliphatic rings. The molecule has 6 nitrogen and oxygen atoms in total. The Hall–Kier alpha value is -1.63. The number of carbonyl (C=O) groups excluding carboxylic acids is 1. The summed E-state index contributed by atoms with van der Waals surface area (Å²) in [4.78, 5) is 17.6. The zero-order chi connectivity index (χ0) is 13.1. The summed E-state index contributed by atoms with van der Waals surface area (Å²) >= 11 is 3.23. The van der Waals surface area contributed by atoms with E-state index in [1.165, 1.54) is 17.3 Å². The van der Waals surface area contributed by atoms with Crippen molar-refractivity contribution in [2.75, 3.05) is 7.05 Å². The van der Waals surface area contributed by atoms with Gasteiger partial charge in [-0.3, -0.25) is 4.79 Å². The number of aromatic nitrogens is 3. The Kier molecular flexibility index (Phi) is 3.81. The Balaban J connectivity index is 2.00. The van der Waals surface area contributed by atoms with Gasteiger partial charge < -0.3 is 9.32 Å². The minimum Gasteiger partial charge on any atom is -0.452 e. The van der Waals surface area contributed by atoms with Gasteiger partial charge in [0, 0.05) is 7.05 Å². The number of halogens is 1. The molecule has 0 bridgehead atoms.